The van der Waals surface area contributed by atoms with Crippen LogP contribution in [0.5, 0.6) is 5.75 Å². The third-order valence-electron chi connectivity index (χ3n) is 2.45. The van der Waals surface area contributed by atoms with E-state index in [2.05, 4.69) is 5.32 Å². The molecule has 0 spiro atoms. The van der Waals surface area contributed by atoms with Crippen molar-refractivity contribution in [1.82, 2.24) is 5.32 Å². The van der Waals surface area contributed by atoms with Crippen LogP contribution in [0, 0.1) is 0 Å². The number of carbonyl (C=O) groups excluding carboxylic acids is 2. The third-order valence-corrected chi connectivity index (χ3v) is 2.45. The van der Waals surface area contributed by atoms with Gasteiger partial charge in [-0.1, -0.05) is 18.2 Å². The van der Waals surface area contributed by atoms with Crippen LogP contribution in [0.2, 0.25) is 0 Å². The highest BCUT2D eigenvalue weighted by Gasteiger charge is 2.14. The zero-order chi connectivity index (χ0) is 15.9. The number of alkyl carbamates (subject to hydrolysis) is 1. The van der Waals surface area contributed by atoms with Gasteiger partial charge >= 0.3 is 6.09 Å². The molecule has 21 heavy (non-hydrogen) atoms. The fraction of sp³-hybridized carbons (Fsp3) is 0.375. The molecule has 0 unspecified atom stereocenters. The summed E-state index contributed by atoms with van der Waals surface area (Å²) in [6.07, 6.45) is 3.87. The summed E-state index contributed by atoms with van der Waals surface area (Å²) in [5.74, 6) is 0.536. The highest BCUT2D eigenvalue weighted by atomic mass is 16.6. The van der Waals surface area contributed by atoms with E-state index in [1.807, 2.05) is 12.1 Å². The molecule has 0 aromatic heterocycles. The minimum Gasteiger partial charge on any atom is -0.496 e. The van der Waals surface area contributed by atoms with E-state index in [0.29, 0.717) is 17.9 Å². The van der Waals surface area contributed by atoms with Crippen LogP contribution < -0.4 is 10.1 Å². The maximum atomic E-state index is 11.4. The first-order valence-corrected chi connectivity index (χ1v) is 6.62. The third kappa shape index (κ3) is 6.12. The zero-order valence-electron chi connectivity index (χ0n) is 12.8. The minimum absolute atomic E-state index is 0.345. The number of benzene rings is 1. The summed E-state index contributed by atoms with van der Waals surface area (Å²) in [5, 5.41) is 2.62. The van der Waals surface area contributed by atoms with Gasteiger partial charge in [0.25, 0.3) is 0 Å². The number of aldehydes is 1. The Labute approximate surface area is 124 Å². The smallest absolute Gasteiger partial charge is 0.407 e. The monoisotopic (exact) mass is 291 g/mol. The number of hydrogen-bond donors (Lipinski definition) is 1. The van der Waals surface area contributed by atoms with Crippen LogP contribution in [-0.4, -0.2) is 31.6 Å². The first-order chi connectivity index (χ1) is 9.85. The number of rotatable bonds is 5. The Balaban J connectivity index is 2.54. The summed E-state index contributed by atoms with van der Waals surface area (Å²) >= 11 is 0. The molecule has 0 fully saturated rings. The van der Waals surface area contributed by atoms with E-state index in [-0.39, 0.29) is 0 Å². The van der Waals surface area contributed by atoms with Crippen molar-refractivity contribution in [2.45, 2.75) is 26.4 Å². The van der Waals surface area contributed by atoms with Gasteiger partial charge in [-0.15, -0.1) is 0 Å². The molecule has 0 aliphatic heterocycles. The topological polar surface area (TPSA) is 64.6 Å². The van der Waals surface area contributed by atoms with Gasteiger partial charge in [0, 0.05) is 6.54 Å². The largest absolute Gasteiger partial charge is 0.496 e. The fourth-order valence-electron chi connectivity index (χ4n) is 1.60. The second-order valence-corrected chi connectivity index (χ2v) is 5.40. The number of methoxy groups -OCH3 is 1. The molecule has 5 nitrogen and oxygen atoms in total. The lowest BCUT2D eigenvalue weighted by atomic mass is 10.1. The Hall–Kier alpha value is -2.30. The zero-order valence-corrected chi connectivity index (χ0v) is 12.8. The molecule has 1 aromatic carbocycles. The van der Waals surface area contributed by atoms with Crippen LogP contribution in [0.15, 0.2) is 24.3 Å². The van der Waals surface area contributed by atoms with E-state index in [1.165, 1.54) is 7.11 Å². The number of amides is 1. The molecular formula is C16H21NO4. The summed E-state index contributed by atoms with van der Waals surface area (Å²) in [6, 6.07) is 5.27. The highest BCUT2D eigenvalue weighted by Crippen LogP contribution is 2.18. The summed E-state index contributed by atoms with van der Waals surface area (Å²) in [4.78, 5) is 22.3. The summed E-state index contributed by atoms with van der Waals surface area (Å²) in [6.45, 7) is 5.76. The average molecular weight is 291 g/mol. The molecule has 0 aliphatic rings. The maximum absolute atomic E-state index is 11.4. The van der Waals surface area contributed by atoms with E-state index in [4.69, 9.17) is 9.47 Å². The number of nitrogens with one attached hydrogen (secondary N) is 1. The summed E-state index contributed by atoms with van der Waals surface area (Å²) in [5.41, 5.74) is 0.825. The second kappa shape index (κ2) is 7.47. The Morgan fingerprint density at radius 3 is 2.62 bits per heavy atom. The Morgan fingerprint density at radius 1 is 1.33 bits per heavy atom. The van der Waals surface area contributed by atoms with Crippen LogP contribution in [0.1, 0.15) is 36.7 Å². The molecule has 0 atom stereocenters. The first kappa shape index (κ1) is 16.8. The van der Waals surface area contributed by atoms with Crippen molar-refractivity contribution in [3.63, 3.8) is 0 Å². The van der Waals surface area contributed by atoms with E-state index in [0.717, 1.165) is 11.8 Å². The summed E-state index contributed by atoms with van der Waals surface area (Å²) in [7, 11) is 1.52. The van der Waals surface area contributed by atoms with Gasteiger partial charge in [-0.25, -0.2) is 4.79 Å². The van der Waals surface area contributed by atoms with E-state index >= 15 is 0 Å². The van der Waals surface area contributed by atoms with Gasteiger partial charge in [-0.3, -0.25) is 4.79 Å². The fourth-order valence-corrected chi connectivity index (χ4v) is 1.60. The van der Waals surface area contributed by atoms with Gasteiger partial charge in [0.05, 0.1) is 12.7 Å². The van der Waals surface area contributed by atoms with E-state index < -0.39 is 11.7 Å². The molecule has 0 saturated heterocycles. The Morgan fingerprint density at radius 2 is 2.05 bits per heavy atom. The van der Waals surface area contributed by atoms with E-state index in [9.17, 15) is 9.59 Å². The van der Waals surface area contributed by atoms with Crippen molar-refractivity contribution >= 4 is 18.5 Å². The first-order valence-electron chi connectivity index (χ1n) is 6.62. The number of ether oxygens (including phenoxy) is 2. The lowest BCUT2D eigenvalue weighted by Gasteiger charge is -2.19. The predicted octanol–water partition coefficient (Wildman–Crippen LogP) is 3.05. The molecule has 0 heterocycles. The predicted molar refractivity (Wildman–Crippen MR) is 81.7 cm³/mol. The molecule has 1 aromatic rings. The van der Waals surface area contributed by atoms with Crippen molar-refractivity contribution in [1.29, 1.82) is 0 Å². The Kier molecular flexibility index (Phi) is 5.96. The molecule has 0 bridgehead atoms. The van der Waals surface area contributed by atoms with Crippen LogP contribution in [0.3, 0.4) is 0 Å². The molecule has 1 amide bonds. The van der Waals surface area contributed by atoms with Gasteiger partial charge < -0.3 is 14.8 Å². The van der Waals surface area contributed by atoms with Crippen molar-refractivity contribution in [3.05, 3.63) is 35.4 Å². The van der Waals surface area contributed by atoms with Gasteiger partial charge in [-0.2, -0.15) is 0 Å². The highest BCUT2D eigenvalue weighted by molar-refractivity contribution is 5.80. The average Bonchev–Trinajstić information content (AvgIpc) is 2.41. The summed E-state index contributed by atoms with van der Waals surface area (Å²) < 4.78 is 10.2. The number of carbonyl (C=O) groups is 2. The molecule has 0 saturated carbocycles. The van der Waals surface area contributed by atoms with Crippen LogP contribution in [0.4, 0.5) is 4.79 Å². The van der Waals surface area contributed by atoms with Crippen molar-refractivity contribution < 1.29 is 19.1 Å². The normalized spacial score (nSPS) is 11.2. The Bertz CT molecular complexity index is 530. The van der Waals surface area contributed by atoms with Gasteiger partial charge in [0.1, 0.15) is 11.4 Å². The van der Waals surface area contributed by atoms with Gasteiger partial charge in [-0.05, 0) is 38.5 Å². The molecule has 114 valence electrons. The molecular weight excluding hydrogens is 270 g/mol. The standard InChI is InChI=1S/C16H21NO4/c1-16(2,3)21-15(19)17-9-5-6-12-7-8-14(20-4)13(10-12)11-18/h5-8,10-11H,9H2,1-4H3,(H,17,19). The lowest BCUT2D eigenvalue weighted by Crippen LogP contribution is -2.32. The minimum atomic E-state index is -0.511. The SMILES string of the molecule is COc1ccc(C=CCNC(=O)OC(C)(C)C)cc1C=O. The van der Waals surface area contributed by atoms with Gasteiger partial charge in [0.2, 0.25) is 0 Å². The maximum Gasteiger partial charge on any atom is 0.407 e. The lowest BCUT2D eigenvalue weighted by molar-refractivity contribution is 0.0534. The van der Waals surface area contributed by atoms with E-state index in [1.54, 1.807) is 39.0 Å². The van der Waals surface area contributed by atoms with Crippen molar-refractivity contribution in [3.8, 4) is 5.75 Å². The quantitative estimate of drug-likeness (QED) is 0.847. The molecule has 0 radical (unpaired) electrons. The molecule has 0 aliphatic carbocycles. The second-order valence-electron chi connectivity index (χ2n) is 5.40. The van der Waals surface area contributed by atoms with Crippen LogP contribution in [0.25, 0.3) is 6.08 Å². The van der Waals surface area contributed by atoms with Gasteiger partial charge in [0.15, 0.2) is 6.29 Å². The molecule has 1 rings (SSSR count). The molecule has 5 heteroatoms. The number of hydrogen-bond acceptors (Lipinski definition) is 4. The van der Waals surface area contributed by atoms with Crippen molar-refractivity contribution in [2.75, 3.05) is 13.7 Å². The molecule has 1 N–H and O–H groups in total. The van der Waals surface area contributed by atoms with Crippen molar-refractivity contribution in [2.24, 2.45) is 0 Å². The van der Waals surface area contributed by atoms with Crippen LogP contribution in [-0.2, 0) is 4.74 Å². The van der Waals surface area contributed by atoms with Crippen LogP contribution >= 0.6 is 0 Å².